The number of aromatic amines is 1. The summed E-state index contributed by atoms with van der Waals surface area (Å²) in [5, 5.41) is 24.9. The number of anilines is 2. The summed E-state index contributed by atoms with van der Waals surface area (Å²) in [7, 11) is 0. The summed E-state index contributed by atoms with van der Waals surface area (Å²) < 4.78 is 59.9. The van der Waals surface area contributed by atoms with Crippen LogP contribution in [0.5, 0.6) is 0 Å². The number of aliphatic hydroxyl groups excluding tert-OH is 1. The zero-order chi connectivity index (χ0) is 31.8. The minimum atomic E-state index is -4.38. The molecule has 2 bridgehead atoms. The molecule has 0 saturated carbocycles. The third kappa shape index (κ3) is 5.65. The molecule has 3 aliphatic rings. The Morgan fingerprint density at radius 3 is 2.69 bits per heavy atom. The summed E-state index contributed by atoms with van der Waals surface area (Å²) in [6.45, 7) is -9.69. The number of thiol groups is 1. The zero-order valence-corrected chi connectivity index (χ0v) is 26.5. The number of nitrogens with zero attached hydrogens (tertiary/aromatic N) is 8. The monoisotopic (exact) mass is 725 g/mol. The average Bonchev–Trinajstić information content (AvgIpc) is 3.72. The molecule has 0 aliphatic carbocycles. The molecule has 7 heterocycles. The summed E-state index contributed by atoms with van der Waals surface area (Å²) in [5.41, 5.74) is 11.3. The molecule has 4 aromatic heterocycles. The molecule has 3 fully saturated rings. The predicted molar refractivity (Wildman–Crippen MR) is 160 cm³/mol. The van der Waals surface area contributed by atoms with Crippen molar-refractivity contribution in [3.05, 3.63) is 22.6 Å². The summed E-state index contributed by atoms with van der Waals surface area (Å²) in [4.78, 5) is 33.8. The molecule has 242 valence electrons. The number of hydrogen-bond donors (Lipinski definition) is 6. The van der Waals surface area contributed by atoms with Crippen LogP contribution in [0.3, 0.4) is 0 Å². The first-order valence-corrected chi connectivity index (χ1v) is 19.1. The second-order valence-corrected chi connectivity index (χ2v) is 17.0. The number of alkyl halides is 1. The Morgan fingerprint density at radius 2 is 1.89 bits per heavy atom. The Labute approximate surface area is 264 Å². The molecule has 7 N–H and O–H groups in total. The minimum absolute atomic E-state index is 0.0538. The largest absolute Gasteiger partial charge is 0.397 e. The van der Waals surface area contributed by atoms with Gasteiger partial charge in [-0.15, -0.1) is 22.0 Å². The maximum absolute atomic E-state index is 16.0. The Bertz CT molecular complexity index is 1950. The Kier molecular flexibility index (Phi) is 7.94. The van der Waals surface area contributed by atoms with Crippen molar-refractivity contribution < 1.29 is 41.8 Å². The van der Waals surface area contributed by atoms with Crippen LogP contribution >= 0.6 is 37.5 Å². The standard InChI is InChI=1S/C19H22FN11O9P2S3/c20-8-12-6(38-17(8)30-14-9(26-28-30)5(21)1-2-23-14)3-36-41(34,43)40-13-11(32)7(4-37-42(35,44)39-12)45-18(13)31-15-10(27-29-31)16(33)25-19(22)24-15/h1-2,6-8,11-13,17-18,32H,3-4H2,(H2,21,23)(H,34,43)(H,35,44)(H3,22,24,25,33)/t6-,7-,8+,11-,12-,13-,17-,18-,41?,42?/m1/s1. The van der Waals surface area contributed by atoms with E-state index >= 15 is 4.39 Å². The van der Waals surface area contributed by atoms with E-state index in [4.69, 9.17) is 46.1 Å². The SMILES string of the molecule is Nc1nc2c(nnn2[C@@H]2S[C@@H]3COP(O)(=S)O[C@H]4[C@H](F)[C@H](n5nnc6c(N)ccnc65)O[C@@H]4COP(=O)(S)O[C@@H]2[C@@H]3O)c(=O)[nH]1. The lowest BCUT2D eigenvalue weighted by atomic mass is 10.1. The molecule has 45 heavy (non-hydrogen) atoms. The molecule has 0 spiro atoms. The van der Waals surface area contributed by atoms with Crippen molar-refractivity contribution in [2.75, 3.05) is 24.7 Å². The van der Waals surface area contributed by atoms with E-state index in [0.29, 0.717) is 0 Å². The summed E-state index contributed by atoms with van der Waals surface area (Å²) in [6.07, 6.45) is -7.97. The summed E-state index contributed by atoms with van der Waals surface area (Å²) in [6, 6.07) is 1.49. The first-order chi connectivity index (χ1) is 21.3. The van der Waals surface area contributed by atoms with Gasteiger partial charge in [0.1, 0.15) is 23.7 Å². The van der Waals surface area contributed by atoms with Gasteiger partial charge in [-0.2, -0.15) is 9.67 Å². The van der Waals surface area contributed by atoms with Crippen LogP contribution in [0.2, 0.25) is 0 Å². The molecule has 3 aliphatic heterocycles. The van der Waals surface area contributed by atoms with E-state index in [0.717, 1.165) is 21.1 Å². The van der Waals surface area contributed by atoms with Gasteiger partial charge in [0, 0.05) is 6.20 Å². The number of fused-ring (bicyclic) bond motifs is 5. The predicted octanol–water partition coefficient (Wildman–Crippen LogP) is -0.199. The van der Waals surface area contributed by atoms with E-state index in [2.05, 4.69) is 47.8 Å². The number of nitrogen functional groups attached to an aromatic ring is 2. The highest BCUT2D eigenvalue weighted by Gasteiger charge is 2.53. The highest BCUT2D eigenvalue weighted by atomic mass is 32.7. The second kappa shape index (κ2) is 11.4. The van der Waals surface area contributed by atoms with Crippen LogP contribution < -0.4 is 17.0 Å². The van der Waals surface area contributed by atoms with Crippen molar-refractivity contribution in [2.45, 2.75) is 47.4 Å². The van der Waals surface area contributed by atoms with Crippen LogP contribution in [0.25, 0.3) is 22.3 Å². The number of halogens is 1. The Balaban J connectivity index is 1.21. The molecule has 0 radical (unpaired) electrons. The molecule has 20 nitrogen and oxygen atoms in total. The normalized spacial score (nSPS) is 37.7. The minimum Gasteiger partial charge on any atom is -0.397 e. The first kappa shape index (κ1) is 31.3. The van der Waals surface area contributed by atoms with Crippen LogP contribution in [-0.4, -0.2) is 104 Å². The van der Waals surface area contributed by atoms with Crippen LogP contribution in [0.15, 0.2) is 17.1 Å². The van der Waals surface area contributed by atoms with Gasteiger partial charge in [0.15, 0.2) is 34.7 Å². The van der Waals surface area contributed by atoms with Crippen molar-refractivity contribution >= 4 is 83.3 Å². The number of nitrogens with one attached hydrogen (secondary N) is 1. The third-order valence-electron chi connectivity index (χ3n) is 7.12. The highest BCUT2D eigenvalue weighted by molar-refractivity contribution is 8.44. The third-order valence-corrected chi connectivity index (χ3v) is 11.8. The van der Waals surface area contributed by atoms with Gasteiger partial charge in [-0.05, 0) is 17.9 Å². The van der Waals surface area contributed by atoms with E-state index < -0.39 is 79.7 Å². The number of pyridine rings is 1. The fourth-order valence-corrected chi connectivity index (χ4v) is 9.64. The number of aliphatic hydroxyl groups is 1. The highest BCUT2D eigenvalue weighted by Crippen LogP contribution is 2.60. The molecule has 0 amide bonds. The average molecular weight is 726 g/mol. The van der Waals surface area contributed by atoms with Crippen LogP contribution in [-0.2, 0) is 39.2 Å². The van der Waals surface area contributed by atoms with Gasteiger partial charge in [-0.1, -0.05) is 22.7 Å². The zero-order valence-electron chi connectivity index (χ0n) is 22.2. The van der Waals surface area contributed by atoms with Crippen molar-refractivity contribution in [3.63, 3.8) is 0 Å². The lowest BCUT2D eigenvalue weighted by Gasteiger charge is -2.26. The lowest BCUT2D eigenvalue weighted by molar-refractivity contribution is -0.0486. The fourth-order valence-electron chi connectivity index (χ4n) is 5.08. The van der Waals surface area contributed by atoms with E-state index in [1.807, 2.05) is 0 Å². The van der Waals surface area contributed by atoms with Crippen LogP contribution in [0.1, 0.15) is 11.6 Å². The topological polar surface area (TPSA) is 276 Å². The number of hydrogen-bond acceptors (Lipinski definition) is 18. The van der Waals surface area contributed by atoms with E-state index in [1.165, 1.54) is 12.3 Å². The van der Waals surface area contributed by atoms with E-state index in [9.17, 15) is 19.4 Å². The molecule has 7 rings (SSSR count). The van der Waals surface area contributed by atoms with Crippen LogP contribution in [0.4, 0.5) is 16.0 Å². The van der Waals surface area contributed by atoms with Gasteiger partial charge in [-0.25, -0.2) is 18.6 Å². The number of aromatic nitrogens is 9. The number of ether oxygens (including phenoxy) is 1. The van der Waals surface area contributed by atoms with E-state index in [1.54, 1.807) is 0 Å². The van der Waals surface area contributed by atoms with E-state index in [-0.39, 0.29) is 34.0 Å². The number of rotatable bonds is 2. The van der Waals surface area contributed by atoms with Crippen LogP contribution in [0, 0.1) is 0 Å². The van der Waals surface area contributed by atoms with Crippen molar-refractivity contribution in [1.29, 1.82) is 0 Å². The van der Waals surface area contributed by atoms with Gasteiger partial charge in [0.2, 0.25) is 5.95 Å². The molecule has 2 unspecified atom stereocenters. The fraction of sp³-hybridized carbons (Fsp3) is 0.526. The van der Waals surface area contributed by atoms with Gasteiger partial charge in [0.05, 0.1) is 30.3 Å². The Morgan fingerprint density at radius 1 is 1.13 bits per heavy atom. The summed E-state index contributed by atoms with van der Waals surface area (Å²) in [5.74, 6) is -0.228. The van der Waals surface area contributed by atoms with Crippen molar-refractivity contribution in [3.8, 4) is 0 Å². The lowest BCUT2D eigenvalue weighted by Crippen LogP contribution is -2.35. The smallest absolute Gasteiger partial charge is 0.386 e. The molecular weight excluding hydrogens is 703 g/mol. The maximum atomic E-state index is 16.0. The molecule has 26 heteroatoms. The first-order valence-electron chi connectivity index (χ1n) is 12.8. The van der Waals surface area contributed by atoms with Gasteiger partial charge in [0.25, 0.3) is 5.56 Å². The van der Waals surface area contributed by atoms with Gasteiger partial charge in [-0.3, -0.25) is 23.3 Å². The summed E-state index contributed by atoms with van der Waals surface area (Å²) >= 11 is 10.2. The van der Waals surface area contributed by atoms with Crippen molar-refractivity contribution in [2.24, 2.45) is 0 Å². The molecular formula is C19H22FN11O9P2S3. The Hall–Kier alpha value is -2.34. The molecule has 3 saturated heterocycles. The number of H-pyrrole nitrogens is 1. The number of nitrogens with two attached hydrogens (primary N) is 2. The quantitative estimate of drug-likeness (QED) is 0.115. The van der Waals surface area contributed by atoms with Gasteiger partial charge < -0.3 is 30.7 Å². The molecule has 0 aromatic carbocycles. The number of thioether (sulfide) groups is 1. The van der Waals surface area contributed by atoms with Crippen molar-refractivity contribution in [1.82, 2.24) is 44.9 Å². The van der Waals surface area contributed by atoms with Gasteiger partial charge >= 0.3 is 13.5 Å². The second-order valence-electron chi connectivity index (χ2n) is 10.00. The molecule has 4 aromatic rings. The molecule has 10 atom stereocenters. The maximum Gasteiger partial charge on any atom is 0.386 e.